The second-order valence-corrected chi connectivity index (χ2v) is 5.84. The van der Waals surface area contributed by atoms with Gasteiger partial charge in [0.15, 0.2) is 5.11 Å². The van der Waals surface area contributed by atoms with Crippen LogP contribution in [0, 0.1) is 18.8 Å². The third kappa shape index (κ3) is 2.88. The number of rotatable bonds is 3. The van der Waals surface area contributed by atoms with E-state index < -0.39 is 0 Å². The SMILES string of the molecule is Cc1cccnc1/C=N/NC(=S)NC1CC2C=CC1C2. The number of nitrogens with one attached hydrogen (secondary N) is 2. The normalized spacial score (nSPS) is 27.1. The Bertz CT molecular complexity index is 567. The zero-order valence-electron chi connectivity index (χ0n) is 11.4. The number of allylic oxidation sites excluding steroid dienone is 1. The summed E-state index contributed by atoms with van der Waals surface area (Å²) in [6.45, 7) is 2.01. The Morgan fingerprint density at radius 2 is 2.35 bits per heavy atom. The summed E-state index contributed by atoms with van der Waals surface area (Å²) in [5.74, 6) is 1.36. The summed E-state index contributed by atoms with van der Waals surface area (Å²) >= 11 is 5.27. The lowest BCUT2D eigenvalue weighted by molar-refractivity contribution is 0.521. The maximum atomic E-state index is 5.27. The zero-order valence-corrected chi connectivity index (χ0v) is 12.2. The lowest BCUT2D eigenvalue weighted by Crippen LogP contribution is -2.42. The average molecular weight is 286 g/mol. The van der Waals surface area contributed by atoms with Crippen molar-refractivity contribution >= 4 is 23.5 Å². The molecule has 1 aromatic rings. The first-order valence-electron chi connectivity index (χ1n) is 6.92. The molecule has 0 spiro atoms. The molecule has 1 saturated carbocycles. The van der Waals surface area contributed by atoms with E-state index in [-0.39, 0.29) is 0 Å². The van der Waals surface area contributed by atoms with Crippen LogP contribution in [0.5, 0.6) is 0 Å². The fourth-order valence-corrected chi connectivity index (χ4v) is 3.14. The van der Waals surface area contributed by atoms with Crippen LogP contribution in [0.1, 0.15) is 24.1 Å². The second kappa shape index (κ2) is 5.71. The lowest BCUT2D eigenvalue weighted by atomic mass is 10.0. The van der Waals surface area contributed by atoms with Gasteiger partial charge < -0.3 is 5.32 Å². The Balaban J connectivity index is 1.50. The van der Waals surface area contributed by atoms with Crippen LogP contribution in [0.15, 0.2) is 35.6 Å². The number of aromatic nitrogens is 1. The zero-order chi connectivity index (χ0) is 13.9. The molecule has 20 heavy (non-hydrogen) atoms. The van der Waals surface area contributed by atoms with E-state index in [9.17, 15) is 0 Å². The molecule has 0 aliphatic heterocycles. The number of hydrazone groups is 1. The van der Waals surface area contributed by atoms with Crippen molar-refractivity contribution in [3.05, 3.63) is 41.7 Å². The molecule has 3 unspecified atom stereocenters. The standard InChI is InChI=1S/C15H18N4S/c1-10-3-2-6-16-14(10)9-17-19-15(20)18-13-8-11-4-5-12(13)7-11/h2-6,9,11-13H,7-8H2,1H3,(H2,18,19,20)/b17-9+. The molecule has 2 aliphatic rings. The Morgan fingerprint density at radius 1 is 1.45 bits per heavy atom. The molecule has 2 N–H and O–H groups in total. The molecule has 1 heterocycles. The number of aryl methyl sites for hydroxylation is 1. The van der Waals surface area contributed by atoms with Crippen molar-refractivity contribution in [1.82, 2.24) is 15.7 Å². The van der Waals surface area contributed by atoms with E-state index in [2.05, 4.69) is 33.0 Å². The summed E-state index contributed by atoms with van der Waals surface area (Å²) < 4.78 is 0. The van der Waals surface area contributed by atoms with Gasteiger partial charge in [-0.3, -0.25) is 10.4 Å². The molecule has 4 nitrogen and oxygen atoms in total. The Kier molecular flexibility index (Phi) is 3.78. The van der Waals surface area contributed by atoms with Crippen LogP contribution < -0.4 is 10.7 Å². The molecule has 0 saturated heterocycles. The minimum absolute atomic E-state index is 0.455. The topological polar surface area (TPSA) is 49.3 Å². The van der Waals surface area contributed by atoms with E-state index in [1.807, 2.05) is 19.1 Å². The predicted octanol–water partition coefficient (Wildman–Crippen LogP) is 2.15. The Hall–Kier alpha value is -1.75. The largest absolute Gasteiger partial charge is 0.358 e. The highest BCUT2D eigenvalue weighted by atomic mass is 32.1. The van der Waals surface area contributed by atoms with E-state index in [0.717, 1.165) is 17.2 Å². The van der Waals surface area contributed by atoms with Gasteiger partial charge in [0.25, 0.3) is 0 Å². The summed E-state index contributed by atoms with van der Waals surface area (Å²) in [5.41, 5.74) is 4.82. The van der Waals surface area contributed by atoms with Gasteiger partial charge in [0, 0.05) is 12.2 Å². The molecule has 0 amide bonds. The van der Waals surface area contributed by atoms with Gasteiger partial charge in [0.2, 0.25) is 0 Å². The molecule has 5 heteroatoms. The molecular formula is C15H18N4S. The first kappa shape index (κ1) is 13.2. The minimum atomic E-state index is 0.455. The highest BCUT2D eigenvalue weighted by Crippen LogP contribution is 2.38. The highest BCUT2D eigenvalue weighted by molar-refractivity contribution is 7.80. The Morgan fingerprint density at radius 3 is 3.05 bits per heavy atom. The van der Waals surface area contributed by atoms with Crippen molar-refractivity contribution in [3.63, 3.8) is 0 Å². The number of hydrogen-bond acceptors (Lipinski definition) is 3. The summed E-state index contributed by atoms with van der Waals surface area (Å²) in [6, 6.07) is 4.37. The molecular weight excluding hydrogens is 268 g/mol. The summed E-state index contributed by atoms with van der Waals surface area (Å²) in [7, 11) is 0. The fourth-order valence-electron chi connectivity index (χ4n) is 2.93. The van der Waals surface area contributed by atoms with Crippen molar-refractivity contribution in [1.29, 1.82) is 0 Å². The van der Waals surface area contributed by atoms with E-state index in [1.54, 1.807) is 12.4 Å². The van der Waals surface area contributed by atoms with Crippen LogP contribution in [0.2, 0.25) is 0 Å². The molecule has 1 aromatic heterocycles. The van der Waals surface area contributed by atoms with Gasteiger partial charge in [-0.05, 0) is 55.4 Å². The summed E-state index contributed by atoms with van der Waals surface area (Å²) in [5, 5.41) is 8.08. The van der Waals surface area contributed by atoms with Crippen molar-refractivity contribution < 1.29 is 0 Å². The third-order valence-electron chi connectivity index (χ3n) is 4.00. The van der Waals surface area contributed by atoms with Crippen LogP contribution in [0.3, 0.4) is 0 Å². The smallest absolute Gasteiger partial charge is 0.187 e. The summed E-state index contributed by atoms with van der Waals surface area (Å²) in [6.07, 6.45) is 10.5. The minimum Gasteiger partial charge on any atom is -0.358 e. The summed E-state index contributed by atoms with van der Waals surface area (Å²) in [4.78, 5) is 4.25. The van der Waals surface area contributed by atoms with Gasteiger partial charge in [0.05, 0.1) is 11.9 Å². The third-order valence-corrected chi connectivity index (χ3v) is 4.21. The first-order chi connectivity index (χ1) is 9.72. The monoisotopic (exact) mass is 286 g/mol. The van der Waals surface area contributed by atoms with Gasteiger partial charge in [-0.25, -0.2) is 0 Å². The predicted molar refractivity (Wildman–Crippen MR) is 84.6 cm³/mol. The van der Waals surface area contributed by atoms with E-state index in [4.69, 9.17) is 12.2 Å². The van der Waals surface area contributed by atoms with Crippen molar-refractivity contribution in [2.75, 3.05) is 0 Å². The van der Waals surface area contributed by atoms with E-state index in [1.165, 1.54) is 12.8 Å². The number of pyridine rings is 1. The maximum Gasteiger partial charge on any atom is 0.187 e. The van der Waals surface area contributed by atoms with Crippen LogP contribution in [-0.2, 0) is 0 Å². The number of thiocarbonyl (C=S) groups is 1. The molecule has 1 fully saturated rings. The van der Waals surface area contributed by atoms with Crippen LogP contribution in [-0.4, -0.2) is 22.4 Å². The molecule has 3 rings (SSSR count). The van der Waals surface area contributed by atoms with Crippen molar-refractivity contribution in [3.8, 4) is 0 Å². The van der Waals surface area contributed by atoms with Crippen molar-refractivity contribution in [2.45, 2.75) is 25.8 Å². The lowest BCUT2D eigenvalue weighted by Gasteiger charge is -2.20. The number of hydrogen-bond donors (Lipinski definition) is 2. The molecule has 104 valence electrons. The van der Waals surface area contributed by atoms with Gasteiger partial charge in [-0.1, -0.05) is 18.2 Å². The van der Waals surface area contributed by atoms with E-state index >= 15 is 0 Å². The van der Waals surface area contributed by atoms with Gasteiger partial charge in [-0.15, -0.1) is 0 Å². The van der Waals surface area contributed by atoms with Crippen molar-refractivity contribution in [2.24, 2.45) is 16.9 Å². The van der Waals surface area contributed by atoms with Gasteiger partial charge >= 0.3 is 0 Å². The van der Waals surface area contributed by atoms with Crippen LogP contribution >= 0.6 is 12.2 Å². The highest BCUT2D eigenvalue weighted by Gasteiger charge is 2.35. The molecule has 2 bridgehead atoms. The number of nitrogens with zero attached hydrogens (tertiary/aromatic N) is 2. The average Bonchev–Trinajstić information content (AvgIpc) is 3.03. The molecule has 3 atom stereocenters. The second-order valence-electron chi connectivity index (χ2n) is 5.44. The first-order valence-corrected chi connectivity index (χ1v) is 7.33. The Labute approximate surface area is 124 Å². The van der Waals surface area contributed by atoms with Gasteiger partial charge in [-0.2, -0.15) is 5.10 Å². The molecule has 0 radical (unpaired) electrons. The van der Waals surface area contributed by atoms with E-state index in [0.29, 0.717) is 17.1 Å². The molecule has 0 aromatic carbocycles. The fraction of sp³-hybridized carbons (Fsp3) is 0.400. The number of fused-ring (bicyclic) bond motifs is 2. The molecule has 2 aliphatic carbocycles. The van der Waals surface area contributed by atoms with Crippen LogP contribution in [0.25, 0.3) is 0 Å². The maximum absolute atomic E-state index is 5.27. The quantitative estimate of drug-likeness (QED) is 0.387. The van der Waals surface area contributed by atoms with Crippen LogP contribution in [0.4, 0.5) is 0 Å². The van der Waals surface area contributed by atoms with Gasteiger partial charge in [0.1, 0.15) is 0 Å².